The number of halogens is 10. The van der Waals surface area contributed by atoms with E-state index in [9.17, 15) is 40.0 Å². The fourth-order valence-electron chi connectivity index (χ4n) is 8.33. The van der Waals surface area contributed by atoms with Gasteiger partial charge in [0.2, 0.25) is 15.9 Å². The number of nitrogens with zero attached hydrogens (tertiary/aromatic N) is 7. The molecule has 64 heavy (non-hydrogen) atoms. The van der Waals surface area contributed by atoms with Gasteiger partial charge < -0.3 is 5.32 Å². The molecular weight excluding hydrogens is 925 g/mol. The maximum absolute atomic E-state index is 15.5. The molecule has 9 rings (SSSR count). The lowest BCUT2D eigenvalue weighted by Gasteiger charge is -2.24. The zero-order valence-corrected chi connectivity index (χ0v) is 34.9. The summed E-state index contributed by atoms with van der Waals surface area (Å²) in [6.45, 7) is -1.07. The lowest BCUT2D eigenvalue weighted by molar-refractivity contribution is -0.123. The number of hydrogen-bond acceptors (Lipinski definition) is 8. The van der Waals surface area contributed by atoms with E-state index in [4.69, 9.17) is 23.2 Å². The van der Waals surface area contributed by atoms with Crippen LogP contribution in [-0.4, -0.2) is 54.7 Å². The Morgan fingerprint density at radius 2 is 1.70 bits per heavy atom. The zero-order valence-electron chi connectivity index (χ0n) is 32.6. The van der Waals surface area contributed by atoms with Gasteiger partial charge in [-0.25, -0.2) is 44.7 Å². The summed E-state index contributed by atoms with van der Waals surface area (Å²) in [7, 11) is -2.59. The van der Waals surface area contributed by atoms with Gasteiger partial charge in [-0.15, -0.1) is 0 Å². The first-order valence-electron chi connectivity index (χ1n) is 18.8. The predicted molar refractivity (Wildman–Crippen MR) is 216 cm³/mol. The second kappa shape index (κ2) is 15.3. The van der Waals surface area contributed by atoms with Crippen molar-refractivity contribution in [2.75, 3.05) is 11.0 Å². The topological polar surface area (TPSA) is 159 Å². The highest BCUT2D eigenvalue weighted by atomic mass is 35.5. The molecule has 1 saturated carbocycles. The third kappa shape index (κ3) is 7.29. The average molecular weight is 953 g/mol. The van der Waals surface area contributed by atoms with Gasteiger partial charge in [-0.1, -0.05) is 23.2 Å². The normalized spacial score (nSPS) is 17.0. The Morgan fingerprint density at radius 1 is 0.984 bits per heavy atom. The predicted octanol–water partition coefficient (Wildman–Crippen LogP) is 8.01. The van der Waals surface area contributed by atoms with E-state index in [2.05, 4.69) is 30.2 Å². The quantitative estimate of drug-likeness (QED) is 0.0976. The van der Waals surface area contributed by atoms with Gasteiger partial charge in [0.05, 0.1) is 45.0 Å². The highest BCUT2D eigenvalue weighted by Gasteiger charge is 2.67. The van der Waals surface area contributed by atoms with Gasteiger partial charge >= 0.3 is 0 Å². The second-order valence-corrected chi connectivity index (χ2v) is 17.9. The van der Waals surface area contributed by atoms with Crippen LogP contribution in [0.4, 0.5) is 40.9 Å². The van der Waals surface area contributed by atoms with Crippen molar-refractivity contribution in [2.45, 2.75) is 43.7 Å². The number of aryl methyl sites for hydroxylation is 1. The van der Waals surface area contributed by atoms with Crippen LogP contribution in [0.1, 0.15) is 53.1 Å². The lowest BCUT2D eigenvalue weighted by atomic mass is 10.0. The monoisotopic (exact) mass is 951 g/mol. The summed E-state index contributed by atoms with van der Waals surface area (Å²) < 4.78 is 148. The highest BCUT2D eigenvalue weighted by molar-refractivity contribution is 7.92. The molecule has 4 heterocycles. The number of nitrogens with one attached hydrogen (secondary N) is 2. The Bertz CT molecular complexity index is 3310. The van der Waals surface area contributed by atoms with E-state index in [1.807, 2.05) is 0 Å². The molecule has 2 aliphatic rings. The van der Waals surface area contributed by atoms with Crippen LogP contribution in [0.2, 0.25) is 10.0 Å². The summed E-state index contributed by atoms with van der Waals surface area (Å²) in [5.41, 5.74) is -4.23. The minimum atomic E-state index is -3.97. The minimum Gasteiger partial charge on any atom is -0.344 e. The number of hydrogen-bond donors (Lipinski definition) is 2. The Hall–Kier alpha value is -6.13. The van der Waals surface area contributed by atoms with Gasteiger partial charge in [0, 0.05) is 36.6 Å². The molecule has 2 aliphatic carbocycles. The molecule has 0 radical (unpaired) electrons. The number of pyridine rings is 1. The van der Waals surface area contributed by atoms with Gasteiger partial charge in [-0.3, -0.25) is 28.2 Å². The van der Waals surface area contributed by atoms with Crippen LogP contribution < -0.4 is 15.6 Å². The molecule has 332 valence electrons. The molecule has 0 saturated heterocycles. The number of amides is 1. The van der Waals surface area contributed by atoms with Crippen LogP contribution >= 0.6 is 23.2 Å². The molecule has 3 atom stereocenters. The molecule has 7 aromatic rings. The molecule has 4 aromatic heterocycles. The molecule has 0 spiro atoms. The largest absolute Gasteiger partial charge is 0.344 e. The second-order valence-electron chi connectivity index (χ2n) is 15.3. The molecule has 1 amide bonds. The summed E-state index contributed by atoms with van der Waals surface area (Å²) in [6.07, 6.45) is -3.05. The smallest absolute Gasteiger partial charge is 0.293 e. The molecule has 1 fully saturated rings. The summed E-state index contributed by atoms with van der Waals surface area (Å²) >= 11 is 12.4. The van der Waals surface area contributed by atoms with E-state index in [-0.39, 0.29) is 61.6 Å². The van der Waals surface area contributed by atoms with Crippen molar-refractivity contribution in [3.8, 4) is 16.9 Å². The van der Waals surface area contributed by atoms with Crippen molar-refractivity contribution >= 4 is 66.9 Å². The number of rotatable bonds is 11. The number of fused-ring (bicyclic) bond motifs is 5. The van der Waals surface area contributed by atoms with Gasteiger partial charge in [0.15, 0.2) is 17.3 Å². The molecule has 13 nitrogen and oxygen atoms in total. The number of aromatic nitrogens is 7. The van der Waals surface area contributed by atoms with Crippen molar-refractivity contribution in [3.63, 3.8) is 0 Å². The van der Waals surface area contributed by atoms with Crippen molar-refractivity contribution in [1.82, 2.24) is 39.4 Å². The number of sulfonamides is 1. The van der Waals surface area contributed by atoms with Crippen LogP contribution in [0, 0.1) is 29.2 Å². The van der Waals surface area contributed by atoms with Crippen molar-refractivity contribution in [3.05, 3.63) is 127 Å². The number of carbonyl (C=O) groups excluding carboxylic acids is 1. The fourth-order valence-corrected chi connectivity index (χ4v) is 9.24. The molecule has 3 aromatic carbocycles. The average Bonchev–Trinajstić information content (AvgIpc) is 3.75. The lowest BCUT2D eigenvalue weighted by Crippen LogP contribution is -2.38. The van der Waals surface area contributed by atoms with Crippen LogP contribution in [0.25, 0.3) is 38.9 Å². The van der Waals surface area contributed by atoms with E-state index in [0.29, 0.717) is 10.7 Å². The Labute approximate surface area is 364 Å². The number of alkyl halides is 4. The SMILES string of the molecule is Cn1nc(NS(C)(=O)=O)c2c(Cl)ccc(-n3c([C@H](Cc4cc(F)cc(F)c4)NC(=O)Cn4nc(C(F)F)c5c4C(F)(F)[C@@H]4C[C@H]54)nc4nc(-c5ccc(F)c(Cl)c5F)ccc4c3=O)c21. The maximum atomic E-state index is 15.5. The van der Waals surface area contributed by atoms with Gasteiger partial charge in [-0.05, 0) is 66.4 Å². The van der Waals surface area contributed by atoms with Gasteiger partial charge in [-0.2, -0.15) is 19.0 Å². The van der Waals surface area contributed by atoms with Gasteiger partial charge in [0.1, 0.15) is 46.2 Å². The van der Waals surface area contributed by atoms with Crippen molar-refractivity contribution in [2.24, 2.45) is 13.0 Å². The van der Waals surface area contributed by atoms with Crippen molar-refractivity contribution in [1.29, 1.82) is 0 Å². The number of carbonyl (C=O) groups is 1. The summed E-state index contributed by atoms with van der Waals surface area (Å²) in [5.74, 6) is -12.0. The Morgan fingerprint density at radius 3 is 2.39 bits per heavy atom. The van der Waals surface area contributed by atoms with Gasteiger partial charge in [0.25, 0.3) is 17.9 Å². The summed E-state index contributed by atoms with van der Waals surface area (Å²) in [5, 5.41) is 9.31. The van der Waals surface area contributed by atoms with E-state index in [1.165, 1.54) is 36.0 Å². The molecule has 0 unspecified atom stereocenters. The molecular formula is C40H27Cl2F8N9O4S. The minimum absolute atomic E-state index is 0.00469. The third-order valence-electron chi connectivity index (χ3n) is 11.0. The molecule has 2 N–H and O–H groups in total. The first kappa shape index (κ1) is 43.1. The summed E-state index contributed by atoms with van der Waals surface area (Å²) in [4.78, 5) is 38.0. The summed E-state index contributed by atoms with van der Waals surface area (Å²) in [6, 6.07) is 7.60. The van der Waals surface area contributed by atoms with Crippen LogP contribution in [0.5, 0.6) is 0 Å². The first-order chi connectivity index (χ1) is 30.1. The molecule has 24 heteroatoms. The first-order valence-corrected chi connectivity index (χ1v) is 21.5. The van der Waals surface area contributed by atoms with Crippen LogP contribution in [0.15, 0.2) is 59.4 Å². The van der Waals surface area contributed by atoms with E-state index in [1.54, 1.807) is 0 Å². The zero-order chi connectivity index (χ0) is 45.9. The third-order valence-corrected chi connectivity index (χ3v) is 12.2. The standard InChI is InChI=1S/C40H27Cl2F8N9O4S/c1-57-33-26(8-5-22(41)29(33)37(55-57)56-64(2,62)63)59-38(53-36-19(39(59)61)4-7-24(52-36)18-3-6-23(45)30(42)31(18)46)25(11-15-9-16(43)12-17(44)10-15)51-27(60)14-58-34-28(32(54-58)35(47)48)20-13-21(20)40(34,49)50/h3-10,12,20-21,25,35H,11,13-14H2,1-2H3,(H,51,60)(H,55,56)/t20-,21+,25-/m0/s1. The van der Waals surface area contributed by atoms with Crippen molar-refractivity contribution < 1.29 is 48.3 Å². The van der Waals surface area contributed by atoms with Crippen LogP contribution in [-0.2, 0) is 40.8 Å². The molecule has 0 aliphatic heterocycles. The van der Waals surface area contributed by atoms with Crippen LogP contribution in [0.3, 0.4) is 0 Å². The van der Waals surface area contributed by atoms with E-state index in [0.717, 1.165) is 35.1 Å². The Balaban J connectivity index is 1.27. The maximum Gasteiger partial charge on any atom is 0.293 e. The number of benzene rings is 3. The fraction of sp³-hybridized carbons (Fsp3) is 0.250. The van der Waals surface area contributed by atoms with E-state index < -0.39 is 116 Å². The Kier molecular flexibility index (Phi) is 10.3. The highest BCUT2D eigenvalue weighted by Crippen LogP contribution is 2.68. The molecule has 0 bridgehead atoms. The van der Waals surface area contributed by atoms with E-state index >= 15 is 13.2 Å². The number of anilines is 1.